The van der Waals surface area contributed by atoms with E-state index in [0.717, 1.165) is 10.5 Å². The van der Waals surface area contributed by atoms with Crippen LogP contribution in [-0.2, 0) is 16.2 Å². The molecule has 5 aromatic carbocycles. The van der Waals surface area contributed by atoms with Crippen LogP contribution >= 0.6 is 35.0 Å². The molecule has 1 unspecified atom stereocenters. The first-order chi connectivity index (χ1) is 23.2. The Balaban J connectivity index is 1.28. The number of hydrogen-bond acceptors (Lipinski definition) is 5. The van der Waals surface area contributed by atoms with E-state index in [1.165, 1.54) is 11.8 Å². The van der Waals surface area contributed by atoms with E-state index in [1.54, 1.807) is 73.7 Å². The van der Waals surface area contributed by atoms with Crippen LogP contribution in [-0.4, -0.2) is 23.0 Å². The molecule has 1 atom stereocenters. The van der Waals surface area contributed by atoms with Gasteiger partial charge in [0.05, 0.1) is 5.25 Å². The van der Waals surface area contributed by atoms with Gasteiger partial charge in [0.25, 0.3) is 11.8 Å². The number of amides is 3. The maximum Gasteiger partial charge on any atom is 0.272 e. The molecular weight excluding hydrogens is 665 g/mol. The Kier molecular flexibility index (Phi) is 11.9. The molecule has 48 heavy (non-hydrogen) atoms. The molecule has 5 rings (SSSR count). The van der Waals surface area contributed by atoms with E-state index in [2.05, 4.69) is 16.0 Å². The van der Waals surface area contributed by atoms with Crippen molar-refractivity contribution >= 4 is 70.1 Å². The molecule has 0 aromatic heterocycles. The van der Waals surface area contributed by atoms with Gasteiger partial charge in [-0.3, -0.25) is 14.4 Å². The summed E-state index contributed by atoms with van der Waals surface area (Å²) in [5, 5.41) is 8.81. The standard InChI is InChI=1S/C38H31Cl2N3O4S/c1-25(36(44)42-32-21-29(39)20-30(40)22-32)48-34-14-8-13-31(23-34)41-38(46)35(43-37(45)28-11-6-3-7-12-28)19-26-15-17-33(18-16-26)47-24-27-9-4-2-5-10-27/h2-23,25H,24H2,1H3,(H,41,46)(H,42,44)(H,43,45)/b35-19+. The summed E-state index contributed by atoms with van der Waals surface area (Å²) in [6, 6.07) is 37.7. The lowest BCUT2D eigenvalue weighted by Crippen LogP contribution is -2.30. The smallest absolute Gasteiger partial charge is 0.272 e. The minimum absolute atomic E-state index is 0.0489. The predicted molar refractivity (Wildman–Crippen MR) is 195 cm³/mol. The quantitative estimate of drug-likeness (QED) is 0.0894. The second kappa shape index (κ2) is 16.7. The number of nitrogens with one attached hydrogen (secondary N) is 3. The van der Waals surface area contributed by atoms with Crippen molar-refractivity contribution in [1.82, 2.24) is 5.32 Å². The number of ether oxygens (including phenoxy) is 1. The SMILES string of the molecule is CC(Sc1cccc(NC(=O)/C(=C\c2ccc(OCc3ccccc3)cc2)NC(=O)c2ccccc2)c1)C(=O)Nc1cc(Cl)cc(Cl)c1. The molecule has 0 aliphatic carbocycles. The molecule has 0 heterocycles. The fraction of sp³-hybridized carbons (Fsp3) is 0.0789. The second-order valence-corrected chi connectivity index (χ2v) is 12.9. The highest BCUT2D eigenvalue weighted by Crippen LogP contribution is 2.28. The van der Waals surface area contributed by atoms with Gasteiger partial charge in [-0.05, 0) is 84.8 Å². The first-order valence-electron chi connectivity index (χ1n) is 14.9. The van der Waals surface area contributed by atoms with Crippen LogP contribution in [0, 0.1) is 0 Å². The molecule has 0 spiro atoms. The fourth-order valence-electron chi connectivity index (χ4n) is 4.48. The Morgan fingerprint density at radius 2 is 1.42 bits per heavy atom. The summed E-state index contributed by atoms with van der Waals surface area (Å²) in [4.78, 5) is 40.3. The Labute approximate surface area is 293 Å². The van der Waals surface area contributed by atoms with Crippen molar-refractivity contribution in [3.05, 3.63) is 160 Å². The molecule has 7 nitrogen and oxygen atoms in total. The molecule has 0 aliphatic rings. The molecule has 0 aliphatic heterocycles. The first-order valence-corrected chi connectivity index (χ1v) is 16.6. The van der Waals surface area contributed by atoms with E-state index in [-0.39, 0.29) is 11.6 Å². The zero-order valence-electron chi connectivity index (χ0n) is 25.8. The number of carbonyl (C=O) groups excluding carboxylic acids is 3. The van der Waals surface area contributed by atoms with Crippen molar-refractivity contribution in [1.29, 1.82) is 0 Å². The Morgan fingerprint density at radius 1 is 0.750 bits per heavy atom. The van der Waals surface area contributed by atoms with Gasteiger partial charge in [0, 0.05) is 31.9 Å². The van der Waals surface area contributed by atoms with Gasteiger partial charge >= 0.3 is 0 Å². The van der Waals surface area contributed by atoms with Gasteiger partial charge in [-0.1, -0.05) is 89.9 Å². The molecule has 10 heteroatoms. The Bertz CT molecular complexity index is 1900. The topological polar surface area (TPSA) is 96.5 Å². The van der Waals surface area contributed by atoms with Crippen molar-refractivity contribution in [2.24, 2.45) is 0 Å². The third-order valence-corrected chi connectivity index (χ3v) is 8.40. The maximum absolute atomic E-state index is 13.6. The lowest BCUT2D eigenvalue weighted by molar-refractivity contribution is -0.115. The molecular formula is C38H31Cl2N3O4S. The first kappa shape index (κ1) is 34.3. The van der Waals surface area contributed by atoms with E-state index >= 15 is 0 Å². The average Bonchev–Trinajstić information content (AvgIpc) is 3.08. The number of thioether (sulfide) groups is 1. The van der Waals surface area contributed by atoms with Crippen LogP contribution < -0.4 is 20.7 Å². The highest BCUT2D eigenvalue weighted by Gasteiger charge is 2.18. The number of carbonyl (C=O) groups is 3. The van der Waals surface area contributed by atoms with E-state index in [0.29, 0.717) is 44.9 Å². The largest absolute Gasteiger partial charge is 0.489 e. The Morgan fingerprint density at radius 3 is 2.10 bits per heavy atom. The fourth-order valence-corrected chi connectivity index (χ4v) is 5.94. The predicted octanol–water partition coefficient (Wildman–Crippen LogP) is 9.10. The molecule has 0 bridgehead atoms. The number of benzene rings is 5. The normalized spacial score (nSPS) is 11.7. The van der Waals surface area contributed by atoms with Gasteiger partial charge in [0.15, 0.2) is 0 Å². The van der Waals surface area contributed by atoms with Crippen molar-refractivity contribution < 1.29 is 19.1 Å². The van der Waals surface area contributed by atoms with Crippen LogP contribution in [0.3, 0.4) is 0 Å². The zero-order valence-corrected chi connectivity index (χ0v) is 28.1. The maximum atomic E-state index is 13.6. The van der Waals surface area contributed by atoms with Crippen LogP contribution in [0.2, 0.25) is 10.0 Å². The second-order valence-electron chi connectivity index (χ2n) is 10.6. The van der Waals surface area contributed by atoms with Crippen molar-refractivity contribution in [3.63, 3.8) is 0 Å². The van der Waals surface area contributed by atoms with Crippen molar-refractivity contribution in [3.8, 4) is 5.75 Å². The number of halogens is 2. The van der Waals surface area contributed by atoms with Crippen LogP contribution in [0.15, 0.2) is 138 Å². The van der Waals surface area contributed by atoms with Crippen LogP contribution in [0.4, 0.5) is 11.4 Å². The van der Waals surface area contributed by atoms with Gasteiger partial charge in [-0.2, -0.15) is 0 Å². The number of rotatable bonds is 12. The molecule has 0 saturated heterocycles. The van der Waals surface area contributed by atoms with Crippen molar-refractivity contribution in [2.45, 2.75) is 23.7 Å². The molecule has 0 fully saturated rings. The average molecular weight is 697 g/mol. The van der Waals surface area contributed by atoms with Crippen LogP contribution in [0.25, 0.3) is 6.08 Å². The van der Waals surface area contributed by atoms with E-state index in [4.69, 9.17) is 27.9 Å². The molecule has 242 valence electrons. The summed E-state index contributed by atoms with van der Waals surface area (Å²) in [7, 11) is 0. The minimum atomic E-state index is -0.519. The summed E-state index contributed by atoms with van der Waals surface area (Å²) >= 11 is 13.4. The highest BCUT2D eigenvalue weighted by atomic mass is 35.5. The zero-order chi connectivity index (χ0) is 33.9. The van der Waals surface area contributed by atoms with Gasteiger partial charge in [0.1, 0.15) is 18.1 Å². The summed E-state index contributed by atoms with van der Waals surface area (Å²) in [6.45, 7) is 2.20. The van der Waals surface area contributed by atoms with Crippen molar-refractivity contribution in [2.75, 3.05) is 10.6 Å². The Hall–Kier alpha value is -5.02. The third kappa shape index (κ3) is 10.2. The summed E-state index contributed by atoms with van der Waals surface area (Å²) in [6.07, 6.45) is 1.60. The molecule has 0 saturated carbocycles. The molecule has 5 aromatic rings. The molecule has 3 amide bonds. The monoisotopic (exact) mass is 695 g/mol. The lowest BCUT2D eigenvalue weighted by Gasteiger charge is -2.14. The summed E-state index contributed by atoms with van der Waals surface area (Å²) < 4.78 is 5.89. The lowest BCUT2D eigenvalue weighted by atomic mass is 10.1. The molecule has 3 N–H and O–H groups in total. The van der Waals surface area contributed by atoms with Gasteiger partial charge in [0.2, 0.25) is 5.91 Å². The minimum Gasteiger partial charge on any atom is -0.489 e. The molecule has 0 radical (unpaired) electrons. The van der Waals surface area contributed by atoms with E-state index in [1.807, 2.05) is 66.7 Å². The number of hydrogen-bond donors (Lipinski definition) is 3. The van der Waals surface area contributed by atoms with E-state index in [9.17, 15) is 14.4 Å². The van der Waals surface area contributed by atoms with Crippen LogP contribution in [0.1, 0.15) is 28.4 Å². The number of anilines is 2. The van der Waals surface area contributed by atoms with Gasteiger partial charge in [-0.15, -0.1) is 11.8 Å². The van der Waals surface area contributed by atoms with Gasteiger partial charge < -0.3 is 20.7 Å². The van der Waals surface area contributed by atoms with Crippen LogP contribution in [0.5, 0.6) is 5.75 Å². The summed E-state index contributed by atoms with van der Waals surface area (Å²) in [5.74, 6) is -0.513. The van der Waals surface area contributed by atoms with Gasteiger partial charge in [-0.25, -0.2) is 0 Å². The highest BCUT2D eigenvalue weighted by molar-refractivity contribution is 8.00. The van der Waals surface area contributed by atoms with E-state index < -0.39 is 17.1 Å². The summed E-state index contributed by atoms with van der Waals surface area (Å²) in [5.41, 5.74) is 3.18. The third-order valence-electron chi connectivity index (χ3n) is 6.87.